The summed E-state index contributed by atoms with van der Waals surface area (Å²) in [5.74, 6) is 1.06. The van der Waals surface area contributed by atoms with Gasteiger partial charge >= 0.3 is 0 Å². The molecule has 3 N–H and O–H groups in total. The number of aromatic nitrogens is 2. The van der Waals surface area contributed by atoms with Crippen molar-refractivity contribution in [3.8, 4) is 11.6 Å². The fourth-order valence-corrected chi connectivity index (χ4v) is 4.85. The third-order valence-electron chi connectivity index (χ3n) is 6.97. The molecule has 1 unspecified atom stereocenters. The Hall–Kier alpha value is -3.11. The number of hydrogen-bond donors (Lipinski definition) is 3. The Balaban J connectivity index is 1.18. The van der Waals surface area contributed by atoms with Crippen molar-refractivity contribution in [1.82, 2.24) is 30.6 Å². The van der Waals surface area contributed by atoms with Crippen molar-refractivity contribution in [3.05, 3.63) is 59.9 Å². The van der Waals surface area contributed by atoms with Crippen LogP contribution in [0.2, 0.25) is 0 Å². The number of ether oxygens (including phenoxy) is 1. The van der Waals surface area contributed by atoms with Crippen molar-refractivity contribution in [2.24, 2.45) is 0 Å². The molecule has 4 heterocycles. The molecule has 9 nitrogen and oxygen atoms in total. The molecular formula is C26H32N6O3. The van der Waals surface area contributed by atoms with E-state index in [1.54, 1.807) is 11.9 Å². The van der Waals surface area contributed by atoms with Crippen molar-refractivity contribution in [1.29, 1.82) is 0 Å². The van der Waals surface area contributed by atoms with Crippen LogP contribution in [0.3, 0.4) is 0 Å². The molecule has 0 aliphatic carbocycles. The zero-order valence-corrected chi connectivity index (χ0v) is 20.0. The van der Waals surface area contributed by atoms with Gasteiger partial charge in [0.1, 0.15) is 12.4 Å². The number of carbonyl (C=O) groups excluding carboxylic acids is 1. The number of pyridine rings is 2. The third kappa shape index (κ3) is 5.59. The van der Waals surface area contributed by atoms with E-state index in [0.29, 0.717) is 17.7 Å². The van der Waals surface area contributed by atoms with Gasteiger partial charge < -0.3 is 14.7 Å². The van der Waals surface area contributed by atoms with Crippen LogP contribution in [0.25, 0.3) is 10.9 Å². The molecule has 5 rings (SSSR count). The number of piperidine rings is 1. The number of carbonyl (C=O) groups is 1. The summed E-state index contributed by atoms with van der Waals surface area (Å²) >= 11 is 0. The fourth-order valence-electron chi connectivity index (χ4n) is 4.85. The molecule has 0 spiro atoms. The van der Waals surface area contributed by atoms with E-state index < -0.39 is 6.61 Å². The number of nitrogens with zero attached hydrogens (tertiary/aromatic N) is 4. The summed E-state index contributed by atoms with van der Waals surface area (Å²) in [5, 5.41) is 10.2. The second-order valence-corrected chi connectivity index (χ2v) is 9.31. The van der Waals surface area contributed by atoms with Gasteiger partial charge in [0.05, 0.1) is 5.52 Å². The number of likely N-dealkylation sites (tertiary alicyclic amines) is 1. The highest BCUT2D eigenvalue weighted by Crippen LogP contribution is 2.26. The summed E-state index contributed by atoms with van der Waals surface area (Å²) in [5.41, 5.74) is 9.57. The maximum absolute atomic E-state index is 11.7. The van der Waals surface area contributed by atoms with Crippen molar-refractivity contribution >= 4 is 16.8 Å². The molecule has 1 amide bonds. The number of rotatable bonds is 7. The molecule has 1 atom stereocenters. The number of nitrogens with one attached hydrogen (secondary N) is 2. The van der Waals surface area contributed by atoms with Crippen molar-refractivity contribution in [2.45, 2.75) is 37.9 Å². The molecule has 184 valence electrons. The Morgan fingerprint density at radius 3 is 2.71 bits per heavy atom. The van der Waals surface area contributed by atoms with Gasteiger partial charge in [0.2, 0.25) is 11.8 Å². The van der Waals surface area contributed by atoms with E-state index in [1.807, 2.05) is 42.7 Å². The van der Waals surface area contributed by atoms with Crippen LogP contribution in [0.15, 0.2) is 48.8 Å². The molecule has 3 aromatic rings. The molecule has 0 bridgehead atoms. The van der Waals surface area contributed by atoms with Gasteiger partial charge in [-0.25, -0.2) is 4.98 Å². The standard InChI is InChI=1S/C26H32N6O3/c1-31(26(34)17-33)21-7-10-32(11-8-21)16-18-12-19-2-4-22(13-24(19)27-14-18)35-25-5-3-20(15-28-25)23-6-9-29-30-23/h2-5,12-15,21,23,29-30,33H,6-11,16-17H2,1H3. The Morgan fingerprint density at radius 2 is 2.00 bits per heavy atom. The second-order valence-electron chi connectivity index (χ2n) is 9.31. The van der Waals surface area contributed by atoms with E-state index in [2.05, 4.69) is 31.8 Å². The van der Waals surface area contributed by atoms with Gasteiger partial charge in [0.15, 0.2) is 0 Å². The Kier molecular flexibility index (Phi) is 7.19. The fraction of sp³-hybridized carbons (Fsp3) is 0.423. The van der Waals surface area contributed by atoms with Gasteiger partial charge in [0, 0.05) is 75.2 Å². The van der Waals surface area contributed by atoms with E-state index in [0.717, 1.165) is 67.5 Å². The number of aliphatic hydroxyl groups is 1. The minimum Gasteiger partial charge on any atom is -0.439 e. The quantitative estimate of drug-likeness (QED) is 0.478. The molecule has 2 fully saturated rings. The van der Waals surface area contributed by atoms with Gasteiger partial charge in [-0.15, -0.1) is 0 Å². The van der Waals surface area contributed by atoms with Gasteiger partial charge in [-0.05, 0) is 48.6 Å². The minimum atomic E-state index is -0.426. The Labute approximate surface area is 205 Å². The van der Waals surface area contributed by atoms with Crippen LogP contribution in [-0.4, -0.2) is 70.1 Å². The van der Waals surface area contributed by atoms with Crippen molar-refractivity contribution in [3.63, 3.8) is 0 Å². The summed E-state index contributed by atoms with van der Waals surface area (Å²) in [6.07, 6.45) is 6.65. The zero-order chi connectivity index (χ0) is 24.2. The minimum absolute atomic E-state index is 0.195. The molecule has 2 aromatic heterocycles. The molecule has 2 saturated heterocycles. The molecule has 35 heavy (non-hydrogen) atoms. The van der Waals surface area contributed by atoms with E-state index in [1.165, 1.54) is 0 Å². The van der Waals surface area contributed by atoms with Gasteiger partial charge in [-0.1, -0.05) is 6.07 Å². The first-order chi connectivity index (χ1) is 17.1. The largest absolute Gasteiger partial charge is 0.439 e. The molecular weight excluding hydrogens is 444 g/mol. The Morgan fingerprint density at radius 1 is 1.14 bits per heavy atom. The first kappa shape index (κ1) is 23.6. The van der Waals surface area contributed by atoms with Crippen LogP contribution in [-0.2, 0) is 11.3 Å². The number of hydrogen-bond acceptors (Lipinski definition) is 8. The van der Waals surface area contributed by atoms with Crippen LogP contribution in [0.1, 0.15) is 36.4 Å². The number of amides is 1. The van der Waals surface area contributed by atoms with Crippen LogP contribution in [0.5, 0.6) is 11.6 Å². The lowest BCUT2D eigenvalue weighted by Gasteiger charge is -2.36. The molecule has 1 aromatic carbocycles. The average molecular weight is 477 g/mol. The van der Waals surface area contributed by atoms with Crippen LogP contribution >= 0.6 is 0 Å². The summed E-state index contributed by atoms with van der Waals surface area (Å²) in [6, 6.07) is 12.5. The topological polar surface area (TPSA) is 103 Å². The lowest BCUT2D eigenvalue weighted by molar-refractivity contribution is -0.135. The van der Waals surface area contributed by atoms with Crippen LogP contribution < -0.4 is 15.6 Å². The van der Waals surface area contributed by atoms with E-state index in [-0.39, 0.29) is 11.9 Å². The van der Waals surface area contributed by atoms with E-state index in [9.17, 15) is 4.79 Å². The smallest absolute Gasteiger partial charge is 0.248 e. The van der Waals surface area contributed by atoms with Crippen molar-refractivity contribution in [2.75, 3.05) is 33.3 Å². The SMILES string of the molecule is CN(C(=O)CO)C1CCN(Cc2cnc3cc(Oc4ccc(C5CCNN5)cn4)ccc3c2)CC1. The highest BCUT2D eigenvalue weighted by atomic mass is 16.5. The summed E-state index contributed by atoms with van der Waals surface area (Å²) in [6.45, 7) is 3.19. The Bertz CT molecular complexity index is 1160. The third-order valence-corrected chi connectivity index (χ3v) is 6.97. The lowest BCUT2D eigenvalue weighted by Crippen LogP contribution is -2.46. The highest BCUT2D eigenvalue weighted by Gasteiger charge is 2.25. The predicted molar refractivity (Wildman–Crippen MR) is 133 cm³/mol. The number of benzene rings is 1. The maximum Gasteiger partial charge on any atom is 0.248 e. The number of fused-ring (bicyclic) bond motifs is 1. The van der Waals surface area contributed by atoms with Gasteiger partial charge in [-0.2, -0.15) is 0 Å². The summed E-state index contributed by atoms with van der Waals surface area (Å²) in [4.78, 5) is 24.9. The van der Waals surface area contributed by atoms with Crippen molar-refractivity contribution < 1.29 is 14.6 Å². The predicted octanol–water partition coefficient (Wildman–Crippen LogP) is 2.38. The van der Waals surface area contributed by atoms with Gasteiger partial charge in [-0.3, -0.25) is 25.5 Å². The molecule has 2 aliphatic rings. The lowest BCUT2D eigenvalue weighted by atomic mass is 10.0. The summed E-state index contributed by atoms with van der Waals surface area (Å²) in [7, 11) is 1.78. The molecule has 9 heteroatoms. The summed E-state index contributed by atoms with van der Waals surface area (Å²) < 4.78 is 5.97. The number of aliphatic hydroxyl groups excluding tert-OH is 1. The second kappa shape index (κ2) is 10.7. The zero-order valence-electron chi connectivity index (χ0n) is 20.0. The van der Waals surface area contributed by atoms with E-state index in [4.69, 9.17) is 9.84 Å². The normalized spacial score (nSPS) is 19.2. The maximum atomic E-state index is 11.7. The van der Waals surface area contributed by atoms with Crippen LogP contribution in [0, 0.1) is 0 Å². The average Bonchev–Trinajstić information content (AvgIpc) is 3.44. The molecule has 0 saturated carbocycles. The molecule has 0 radical (unpaired) electrons. The first-order valence-electron chi connectivity index (χ1n) is 12.2. The monoisotopic (exact) mass is 476 g/mol. The number of likely N-dealkylation sites (N-methyl/N-ethyl adjacent to an activating group) is 1. The molecule has 2 aliphatic heterocycles. The number of hydrazine groups is 1. The van der Waals surface area contributed by atoms with Gasteiger partial charge in [0.25, 0.3) is 0 Å². The van der Waals surface area contributed by atoms with E-state index >= 15 is 0 Å². The highest BCUT2D eigenvalue weighted by molar-refractivity contribution is 5.80. The first-order valence-corrected chi connectivity index (χ1v) is 12.2. The van der Waals surface area contributed by atoms with Crippen LogP contribution in [0.4, 0.5) is 0 Å².